The van der Waals surface area contributed by atoms with Gasteiger partial charge in [0.05, 0.1) is 0 Å². The lowest BCUT2D eigenvalue weighted by molar-refractivity contribution is 1.35. The smallest absolute Gasteiger partial charge is 0.0302 e. The van der Waals surface area contributed by atoms with Gasteiger partial charge < -0.3 is 0 Å². The van der Waals surface area contributed by atoms with Crippen LogP contribution in [0, 0.1) is 0 Å². The molecule has 0 aliphatic heterocycles. The van der Waals surface area contributed by atoms with Crippen molar-refractivity contribution >= 4 is 29.3 Å². The first-order valence-electron chi connectivity index (χ1n) is 2.38. The fourth-order valence-corrected chi connectivity index (χ4v) is 1.14. The maximum Gasteiger partial charge on any atom is 0.0302 e. The van der Waals surface area contributed by atoms with Crippen LogP contribution in [-0.2, 0) is 0 Å². The van der Waals surface area contributed by atoms with Crippen LogP contribution >= 0.6 is 24.0 Å². The molecule has 1 atom stereocenters. The normalized spacial score (nSPS) is 13.4. The summed E-state index contributed by atoms with van der Waals surface area (Å²) in [5.74, 6) is 1.16. The van der Waals surface area contributed by atoms with E-state index in [0.29, 0.717) is 5.25 Å². The lowest BCUT2D eigenvalue weighted by Gasteiger charge is -1.97. The lowest BCUT2D eigenvalue weighted by atomic mass is 10.6. The van der Waals surface area contributed by atoms with E-state index < -0.39 is 0 Å². The molecule has 0 fully saturated rings. The molecule has 7 heavy (non-hydrogen) atoms. The van der Waals surface area contributed by atoms with Gasteiger partial charge in [0.15, 0.2) is 0 Å². The molecule has 0 heterocycles. The van der Waals surface area contributed by atoms with Gasteiger partial charge >= 0.3 is 0 Å². The highest BCUT2D eigenvalue weighted by molar-refractivity contribution is 8.01. The largest absolute Gasteiger partial charge is 0.154 e. The summed E-state index contributed by atoms with van der Waals surface area (Å²) in [5, 5.41) is 2.36. The monoisotopic (exact) mass is 134 g/mol. The first-order valence-corrected chi connectivity index (χ1v) is 3.90. The van der Waals surface area contributed by atoms with Gasteiger partial charge in [0.1, 0.15) is 0 Å². The summed E-state index contributed by atoms with van der Waals surface area (Å²) in [6, 6.07) is 0. The maximum absolute atomic E-state index is 4.69. The van der Waals surface area contributed by atoms with Crippen molar-refractivity contribution in [3.8, 4) is 0 Å². The van der Waals surface area contributed by atoms with Crippen molar-refractivity contribution in [1.82, 2.24) is 0 Å². The van der Waals surface area contributed by atoms with Gasteiger partial charge in [-0.2, -0.15) is 11.8 Å². The fourth-order valence-electron chi connectivity index (χ4n) is 0.302. The molecule has 0 aromatic carbocycles. The number of hydrogen-bond acceptors (Lipinski definition) is 2. The zero-order valence-electron chi connectivity index (χ0n) is 4.68. The van der Waals surface area contributed by atoms with Gasteiger partial charge in [-0.05, 0) is 18.0 Å². The highest BCUT2D eigenvalue weighted by Crippen LogP contribution is 2.05. The Labute approximate surface area is 54.7 Å². The Balaban J connectivity index is 2.98. The Kier molecular flexibility index (Phi) is 4.88. The minimum absolute atomic E-state index is 0.556. The van der Waals surface area contributed by atoms with Crippen molar-refractivity contribution in [2.75, 3.05) is 5.75 Å². The van der Waals surface area contributed by atoms with E-state index in [1.807, 2.05) is 11.8 Å². The van der Waals surface area contributed by atoms with Crippen molar-refractivity contribution < 1.29 is 0 Å². The Morgan fingerprint density at radius 1 is 1.86 bits per heavy atom. The van der Waals surface area contributed by atoms with Crippen LogP contribution in [0.15, 0.2) is 0 Å². The number of thiocarbonyl (C=S) groups is 1. The minimum atomic E-state index is 0.556. The second-order valence-corrected chi connectivity index (χ2v) is 3.22. The molecule has 1 unspecified atom stereocenters. The molecule has 0 nitrogen and oxygen atoms in total. The van der Waals surface area contributed by atoms with Crippen LogP contribution in [0.2, 0.25) is 0 Å². The lowest BCUT2D eigenvalue weighted by Crippen LogP contribution is -1.93. The summed E-state index contributed by atoms with van der Waals surface area (Å²) in [5.41, 5.74) is 0. The van der Waals surface area contributed by atoms with Crippen molar-refractivity contribution in [2.45, 2.75) is 19.1 Å². The first kappa shape index (κ1) is 7.44. The molecule has 0 bridgehead atoms. The standard InChI is InChI=1S/C5H10S2/c1-3-7-5(2)4-6/h4-5H,3H2,1-2H3. The number of thioether (sulfide) groups is 1. The van der Waals surface area contributed by atoms with E-state index >= 15 is 0 Å². The van der Waals surface area contributed by atoms with Crippen molar-refractivity contribution in [3.63, 3.8) is 0 Å². The van der Waals surface area contributed by atoms with Crippen LogP contribution in [0.3, 0.4) is 0 Å². The van der Waals surface area contributed by atoms with Crippen LogP contribution in [-0.4, -0.2) is 16.4 Å². The summed E-state index contributed by atoms with van der Waals surface area (Å²) in [6.45, 7) is 4.25. The molecule has 2 heteroatoms. The summed E-state index contributed by atoms with van der Waals surface area (Å²) in [6.07, 6.45) is 0. The molecule has 0 saturated heterocycles. The molecule has 0 aliphatic rings. The van der Waals surface area contributed by atoms with Gasteiger partial charge in [-0.3, -0.25) is 0 Å². The zero-order chi connectivity index (χ0) is 5.70. The fraction of sp³-hybridized carbons (Fsp3) is 0.800. The van der Waals surface area contributed by atoms with Crippen LogP contribution in [0.5, 0.6) is 0 Å². The third-order valence-electron chi connectivity index (χ3n) is 0.621. The van der Waals surface area contributed by atoms with Crippen LogP contribution in [0.1, 0.15) is 13.8 Å². The van der Waals surface area contributed by atoms with E-state index in [9.17, 15) is 0 Å². The van der Waals surface area contributed by atoms with E-state index in [1.54, 1.807) is 5.37 Å². The van der Waals surface area contributed by atoms with E-state index in [2.05, 4.69) is 13.8 Å². The average Bonchev–Trinajstić information content (AvgIpc) is 1.68. The molecule has 42 valence electrons. The Morgan fingerprint density at radius 2 is 2.43 bits per heavy atom. The summed E-state index contributed by atoms with van der Waals surface area (Å²) in [4.78, 5) is 0. The summed E-state index contributed by atoms with van der Waals surface area (Å²) >= 11 is 6.57. The van der Waals surface area contributed by atoms with Gasteiger partial charge in [-0.25, -0.2) is 0 Å². The summed E-state index contributed by atoms with van der Waals surface area (Å²) in [7, 11) is 0. The molecule has 0 amide bonds. The maximum atomic E-state index is 4.69. The highest BCUT2D eigenvalue weighted by Gasteiger charge is 1.90. The quantitative estimate of drug-likeness (QED) is 0.542. The molecule has 0 aromatic heterocycles. The topological polar surface area (TPSA) is 0 Å². The number of hydrogen-bond donors (Lipinski definition) is 0. The predicted octanol–water partition coefficient (Wildman–Crippen LogP) is 2.13. The molecule has 0 radical (unpaired) electrons. The molecule has 0 aromatic rings. The van der Waals surface area contributed by atoms with Gasteiger partial charge in [0, 0.05) is 5.25 Å². The number of rotatable bonds is 3. The van der Waals surface area contributed by atoms with E-state index in [1.165, 1.54) is 0 Å². The zero-order valence-corrected chi connectivity index (χ0v) is 6.31. The first-order chi connectivity index (χ1) is 3.31. The van der Waals surface area contributed by atoms with Gasteiger partial charge in [0.25, 0.3) is 0 Å². The van der Waals surface area contributed by atoms with Crippen molar-refractivity contribution in [3.05, 3.63) is 0 Å². The Hall–Kier alpha value is 0.440. The molecule has 0 saturated carbocycles. The second kappa shape index (κ2) is 4.60. The molecule has 0 rings (SSSR count). The molecule has 0 N–H and O–H groups in total. The molecule has 0 spiro atoms. The SMILES string of the molecule is CCSC(C)C=S. The van der Waals surface area contributed by atoms with E-state index in [4.69, 9.17) is 12.2 Å². The molecular weight excluding hydrogens is 124 g/mol. The Morgan fingerprint density at radius 3 is 2.57 bits per heavy atom. The summed E-state index contributed by atoms with van der Waals surface area (Å²) < 4.78 is 0. The van der Waals surface area contributed by atoms with Crippen LogP contribution in [0.4, 0.5) is 0 Å². The van der Waals surface area contributed by atoms with Gasteiger partial charge in [-0.1, -0.05) is 19.1 Å². The molecular formula is C5H10S2. The highest BCUT2D eigenvalue weighted by atomic mass is 32.2. The van der Waals surface area contributed by atoms with Crippen LogP contribution in [0.25, 0.3) is 0 Å². The van der Waals surface area contributed by atoms with Gasteiger partial charge in [-0.15, -0.1) is 0 Å². The molecule has 0 aliphatic carbocycles. The third kappa shape index (κ3) is 4.29. The van der Waals surface area contributed by atoms with Crippen molar-refractivity contribution in [2.24, 2.45) is 0 Å². The van der Waals surface area contributed by atoms with Crippen LogP contribution < -0.4 is 0 Å². The van der Waals surface area contributed by atoms with E-state index in [-0.39, 0.29) is 0 Å². The predicted molar refractivity (Wildman–Crippen MR) is 41.2 cm³/mol. The average molecular weight is 134 g/mol. The third-order valence-corrected chi connectivity index (χ3v) is 2.20. The minimum Gasteiger partial charge on any atom is -0.154 e. The second-order valence-electron chi connectivity index (χ2n) is 1.30. The van der Waals surface area contributed by atoms with E-state index in [0.717, 1.165) is 5.75 Å². The Bertz CT molecular complexity index is 52.0. The van der Waals surface area contributed by atoms with Crippen molar-refractivity contribution in [1.29, 1.82) is 0 Å². The van der Waals surface area contributed by atoms with Gasteiger partial charge in [0.2, 0.25) is 0 Å².